The predicted molar refractivity (Wildman–Crippen MR) is 116 cm³/mol. The Hall–Kier alpha value is -2.78. The van der Waals surface area contributed by atoms with Crippen molar-refractivity contribution in [3.05, 3.63) is 59.7 Å². The number of hydrogen-bond donors (Lipinski definition) is 1. The van der Waals surface area contributed by atoms with Crippen molar-refractivity contribution in [2.45, 2.75) is 44.7 Å². The van der Waals surface area contributed by atoms with Gasteiger partial charge in [-0.3, -0.25) is 4.79 Å². The number of benzene rings is 2. The molecule has 1 atom stereocenters. The van der Waals surface area contributed by atoms with Gasteiger partial charge in [-0.05, 0) is 55.2 Å². The highest BCUT2D eigenvalue weighted by molar-refractivity contribution is 7.89. The number of carbonyl (C=O) groups excluding carboxylic acids is 1. The Bertz CT molecular complexity index is 1190. The van der Waals surface area contributed by atoms with Crippen LogP contribution >= 0.6 is 0 Å². The van der Waals surface area contributed by atoms with Gasteiger partial charge in [0.2, 0.25) is 10.0 Å². The van der Waals surface area contributed by atoms with Gasteiger partial charge in [0.05, 0.1) is 23.0 Å². The first-order valence-corrected chi connectivity index (χ1v) is 11.4. The fraction of sp³-hybridized carbons (Fsp3) is 0.364. The molecule has 0 unspecified atom stereocenters. The average Bonchev–Trinajstić information content (AvgIpc) is 3.01. The number of nitrogens with one attached hydrogen (secondary N) is 1. The number of aryl methyl sites for hydroxylation is 1. The van der Waals surface area contributed by atoms with Gasteiger partial charge in [0.25, 0.3) is 0 Å². The molecule has 0 aliphatic heterocycles. The molecule has 0 amide bonds. The maximum Gasteiger partial charge on any atom is 0.323 e. The van der Waals surface area contributed by atoms with Crippen LogP contribution in [0.5, 0.6) is 0 Å². The van der Waals surface area contributed by atoms with E-state index in [1.54, 1.807) is 18.2 Å². The largest absolute Gasteiger partial charge is 0.468 e. The molecule has 3 aromatic rings. The molecule has 0 bridgehead atoms. The maximum absolute atomic E-state index is 13.7. The van der Waals surface area contributed by atoms with E-state index in [1.165, 1.54) is 31.4 Å². The summed E-state index contributed by atoms with van der Waals surface area (Å²) in [4.78, 5) is 16.4. The van der Waals surface area contributed by atoms with Crippen molar-refractivity contribution in [2.24, 2.45) is 5.92 Å². The zero-order valence-corrected chi connectivity index (χ0v) is 18.7. The molecule has 9 heteroatoms. The molecule has 3 rings (SSSR count). The number of nitrogens with zero attached hydrogens (tertiary/aromatic N) is 2. The smallest absolute Gasteiger partial charge is 0.323 e. The van der Waals surface area contributed by atoms with Crippen LogP contribution in [0.4, 0.5) is 4.39 Å². The van der Waals surface area contributed by atoms with Gasteiger partial charge in [-0.1, -0.05) is 26.0 Å². The number of hydrogen-bond acceptors (Lipinski definition) is 5. The van der Waals surface area contributed by atoms with Crippen LogP contribution in [0, 0.1) is 18.7 Å². The normalized spacial score (nSPS) is 13.0. The lowest BCUT2D eigenvalue weighted by Crippen LogP contribution is -2.42. The molecule has 0 spiro atoms. The fourth-order valence-corrected chi connectivity index (χ4v) is 4.63. The van der Waals surface area contributed by atoms with Crippen molar-refractivity contribution in [3.63, 3.8) is 0 Å². The van der Waals surface area contributed by atoms with Crippen LogP contribution in [0.25, 0.3) is 11.0 Å². The minimum Gasteiger partial charge on any atom is -0.468 e. The summed E-state index contributed by atoms with van der Waals surface area (Å²) in [5.74, 6) is -0.132. The Labute approximate surface area is 181 Å². The Balaban J connectivity index is 1.82. The first kappa shape index (κ1) is 22.9. The topological polar surface area (TPSA) is 90.3 Å². The van der Waals surface area contributed by atoms with E-state index in [1.807, 2.05) is 25.3 Å². The molecule has 0 aliphatic rings. The molecule has 1 aromatic heterocycles. The van der Waals surface area contributed by atoms with Gasteiger partial charge >= 0.3 is 5.97 Å². The Morgan fingerprint density at radius 1 is 1.19 bits per heavy atom. The number of rotatable bonds is 8. The van der Waals surface area contributed by atoms with Crippen LogP contribution in [-0.4, -0.2) is 37.1 Å². The van der Waals surface area contributed by atoms with Gasteiger partial charge < -0.3 is 9.30 Å². The van der Waals surface area contributed by atoms with E-state index < -0.39 is 22.0 Å². The molecular formula is C22H26FN3O4S. The van der Waals surface area contributed by atoms with Crippen LogP contribution in [0.2, 0.25) is 0 Å². The van der Waals surface area contributed by atoms with Crippen LogP contribution in [0.3, 0.4) is 0 Å². The van der Waals surface area contributed by atoms with E-state index in [4.69, 9.17) is 4.74 Å². The molecule has 0 aliphatic carbocycles. The van der Waals surface area contributed by atoms with E-state index in [-0.39, 0.29) is 16.6 Å². The minimum absolute atomic E-state index is 0.0483. The second kappa shape index (κ2) is 9.15. The number of methoxy groups -OCH3 is 1. The number of ether oxygens (including phenoxy) is 1. The van der Waals surface area contributed by atoms with Gasteiger partial charge in [0, 0.05) is 6.54 Å². The SMILES string of the molecule is COC(=O)[C@H](CC(C)C)NS(=O)(=O)c1ccc(Cn2c(C)nc3ccc(F)cc32)cc1. The molecule has 0 saturated carbocycles. The minimum atomic E-state index is -3.91. The van der Waals surface area contributed by atoms with Crippen LogP contribution < -0.4 is 4.72 Å². The summed E-state index contributed by atoms with van der Waals surface area (Å²) in [5, 5.41) is 0. The molecule has 166 valence electrons. The summed E-state index contributed by atoms with van der Waals surface area (Å²) < 4.78 is 48.2. The van der Waals surface area contributed by atoms with E-state index in [0.29, 0.717) is 24.0 Å². The van der Waals surface area contributed by atoms with Crippen molar-refractivity contribution in [1.82, 2.24) is 14.3 Å². The number of esters is 1. The third-order valence-electron chi connectivity index (χ3n) is 4.97. The highest BCUT2D eigenvalue weighted by Gasteiger charge is 2.27. The zero-order valence-electron chi connectivity index (χ0n) is 17.9. The van der Waals surface area contributed by atoms with Gasteiger partial charge in [0.1, 0.15) is 17.7 Å². The summed E-state index contributed by atoms with van der Waals surface area (Å²) in [5.41, 5.74) is 2.20. The first-order chi connectivity index (χ1) is 14.6. The summed E-state index contributed by atoms with van der Waals surface area (Å²) in [6.45, 7) is 6.04. The number of fused-ring (bicyclic) bond motifs is 1. The van der Waals surface area contributed by atoms with Gasteiger partial charge in [0.15, 0.2) is 0 Å². The lowest BCUT2D eigenvalue weighted by atomic mass is 10.1. The summed E-state index contributed by atoms with van der Waals surface area (Å²) in [7, 11) is -2.68. The second-order valence-corrected chi connectivity index (χ2v) is 9.56. The van der Waals surface area contributed by atoms with Crippen LogP contribution in [-0.2, 0) is 26.1 Å². The summed E-state index contributed by atoms with van der Waals surface area (Å²) >= 11 is 0. The number of aromatic nitrogens is 2. The third kappa shape index (κ3) is 5.29. The molecule has 0 radical (unpaired) electrons. The van der Waals surface area contributed by atoms with Gasteiger partial charge in [-0.25, -0.2) is 17.8 Å². The molecular weight excluding hydrogens is 421 g/mol. The van der Waals surface area contributed by atoms with Crippen molar-refractivity contribution in [3.8, 4) is 0 Å². The summed E-state index contributed by atoms with van der Waals surface area (Å²) in [6, 6.07) is 9.82. The van der Waals surface area contributed by atoms with Gasteiger partial charge in [-0.15, -0.1) is 0 Å². The molecule has 1 heterocycles. The average molecular weight is 448 g/mol. The molecule has 0 fully saturated rings. The van der Waals surface area contributed by atoms with Crippen molar-refractivity contribution >= 4 is 27.0 Å². The van der Waals surface area contributed by atoms with Crippen molar-refractivity contribution < 1.29 is 22.3 Å². The monoisotopic (exact) mass is 447 g/mol. The number of halogens is 1. The lowest BCUT2D eigenvalue weighted by molar-refractivity contribution is -0.143. The second-order valence-electron chi connectivity index (χ2n) is 7.85. The Kier molecular flexibility index (Phi) is 6.76. The van der Waals surface area contributed by atoms with Crippen LogP contribution in [0.15, 0.2) is 47.4 Å². The number of imidazole rings is 1. The maximum atomic E-state index is 13.7. The zero-order chi connectivity index (χ0) is 22.8. The Morgan fingerprint density at radius 2 is 1.87 bits per heavy atom. The summed E-state index contributed by atoms with van der Waals surface area (Å²) in [6.07, 6.45) is 0.327. The highest BCUT2D eigenvalue weighted by atomic mass is 32.2. The van der Waals surface area contributed by atoms with Crippen LogP contribution in [0.1, 0.15) is 31.7 Å². The molecule has 7 nitrogen and oxygen atoms in total. The highest BCUT2D eigenvalue weighted by Crippen LogP contribution is 2.20. The van der Waals surface area contributed by atoms with E-state index >= 15 is 0 Å². The number of carbonyl (C=O) groups is 1. The van der Waals surface area contributed by atoms with E-state index in [9.17, 15) is 17.6 Å². The Morgan fingerprint density at radius 3 is 2.48 bits per heavy atom. The third-order valence-corrected chi connectivity index (χ3v) is 6.45. The fourth-order valence-electron chi connectivity index (χ4n) is 3.43. The van der Waals surface area contributed by atoms with Crippen molar-refractivity contribution in [2.75, 3.05) is 7.11 Å². The van der Waals surface area contributed by atoms with E-state index in [2.05, 4.69) is 9.71 Å². The first-order valence-electron chi connectivity index (χ1n) is 9.92. The van der Waals surface area contributed by atoms with Crippen molar-refractivity contribution in [1.29, 1.82) is 0 Å². The molecule has 31 heavy (non-hydrogen) atoms. The molecule has 1 N–H and O–H groups in total. The molecule has 2 aromatic carbocycles. The van der Waals surface area contributed by atoms with E-state index in [0.717, 1.165) is 11.4 Å². The predicted octanol–water partition coefficient (Wildman–Crippen LogP) is 3.40. The number of sulfonamides is 1. The molecule has 0 saturated heterocycles. The standard InChI is InChI=1S/C22H26FN3O4S/c1-14(2)11-20(22(27)30-4)25-31(28,29)18-8-5-16(6-9-18)13-26-15(3)24-19-10-7-17(23)12-21(19)26/h5-10,12,14,20,25H,11,13H2,1-4H3/t20-/m0/s1. The quantitative estimate of drug-likeness (QED) is 0.535. The lowest BCUT2D eigenvalue weighted by Gasteiger charge is -2.18. The van der Waals surface area contributed by atoms with Gasteiger partial charge in [-0.2, -0.15) is 4.72 Å².